The third kappa shape index (κ3) is 5.72. The lowest BCUT2D eigenvalue weighted by Crippen LogP contribution is -2.34. The minimum atomic E-state index is -0.790. The van der Waals surface area contributed by atoms with Crippen molar-refractivity contribution in [2.75, 3.05) is 4.90 Å². The summed E-state index contributed by atoms with van der Waals surface area (Å²) in [6.07, 6.45) is 0. The molecule has 11 aromatic rings. The van der Waals surface area contributed by atoms with Gasteiger partial charge in [-0.05, 0) is 91.6 Å². The SMILES string of the molecule is CC(C)(C)c1ccc(C2(c3ccc(C(C)(C)C)cc3)c3ccc4c(oc5ccccc54)c3-c3ccc(N(c4ccccc4F)c4cccc5c4oc4ccccc45)c4cccc2c34)cc1. The molecule has 1 aliphatic rings. The molecule has 0 N–H and O–H groups in total. The Bertz CT molecular complexity index is 3630. The fraction of sp³-hybridized carbons (Fsp3) is 0.148. The number of halogens is 1. The van der Waals surface area contributed by atoms with Crippen LogP contribution >= 0.6 is 0 Å². The molecule has 12 rings (SSSR count). The standard InChI is InChI=1S/C61H48FNO2/c1-59(2,3)37-25-29-39(30-26-37)61(40-31-27-38(28-32-40)60(4,5)6)47-19-13-18-45-50(36-34-46(55(45)47)56-48(61)35-33-44-42-16-8-12-24-54(42)65-58(44)56)63(51-21-10-9-20-49(51)62)52-22-14-17-43-41-15-7-11-23-53(41)64-57(43)52/h7-36H,1-6H3. The lowest BCUT2D eigenvalue weighted by atomic mass is 9.59. The van der Waals surface area contributed by atoms with Crippen LogP contribution < -0.4 is 4.90 Å². The van der Waals surface area contributed by atoms with E-state index < -0.39 is 5.41 Å². The number of fused-ring (bicyclic) bond motifs is 9. The summed E-state index contributed by atoms with van der Waals surface area (Å²) in [7, 11) is 0. The minimum absolute atomic E-state index is 0.0364. The van der Waals surface area contributed by atoms with Crippen molar-refractivity contribution >= 4 is 71.7 Å². The summed E-state index contributed by atoms with van der Waals surface area (Å²) < 4.78 is 30.4. The molecule has 4 heteroatoms. The third-order valence-electron chi connectivity index (χ3n) is 14.0. The average molecular weight is 846 g/mol. The predicted octanol–water partition coefficient (Wildman–Crippen LogP) is 17.2. The zero-order chi connectivity index (χ0) is 44.4. The monoisotopic (exact) mass is 845 g/mol. The number of rotatable bonds is 5. The quantitative estimate of drug-likeness (QED) is 0.173. The summed E-state index contributed by atoms with van der Waals surface area (Å²) >= 11 is 0. The molecule has 2 heterocycles. The highest BCUT2D eigenvalue weighted by atomic mass is 19.1. The van der Waals surface area contributed by atoms with Gasteiger partial charge in [-0.3, -0.25) is 0 Å². The van der Waals surface area contributed by atoms with Crippen LogP contribution in [0.3, 0.4) is 0 Å². The zero-order valence-corrected chi connectivity index (χ0v) is 37.5. The maximum absolute atomic E-state index is 16.6. The molecule has 0 bridgehead atoms. The summed E-state index contributed by atoms with van der Waals surface area (Å²) in [5, 5.41) is 6.21. The van der Waals surface area contributed by atoms with E-state index in [4.69, 9.17) is 8.83 Å². The van der Waals surface area contributed by atoms with E-state index in [1.54, 1.807) is 6.07 Å². The maximum Gasteiger partial charge on any atom is 0.159 e. The van der Waals surface area contributed by atoms with Crippen LogP contribution in [0.5, 0.6) is 0 Å². The lowest BCUT2D eigenvalue weighted by molar-refractivity contribution is 0.588. The first-order chi connectivity index (χ1) is 31.4. The lowest BCUT2D eigenvalue weighted by Gasteiger charge is -2.43. The minimum Gasteiger partial charge on any atom is -0.455 e. The normalized spacial score (nSPS) is 13.6. The van der Waals surface area contributed by atoms with Gasteiger partial charge in [0, 0.05) is 32.5 Å². The van der Waals surface area contributed by atoms with Crippen LogP contribution in [0, 0.1) is 5.82 Å². The summed E-state index contributed by atoms with van der Waals surface area (Å²) in [6, 6.07) is 63.9. The molecule has 9 aromatic carbocycles. The number of hydrogen-bond donors (Lipinski definition) is 0. The molecule has 1 aliphatic carbocycles. The van der Waals surface area contributed by atoms with Gasteiger partial charge in [-0.1, -0.05) is 187 Å². The fourth-order valence-corrected chi connectivity index (χ4v) is 10.8. The van der Waals surface area contributed by atoms with Gasteiger partial charge in [0.2, 0.25) is 0 Å². The van der Waals surface area contributed by atoms with Gasteiger partial charge in [0.25, 0.3) is 0 Å². The van der Waals surface area contributed by atoms with Crippen molar-refractivity contribution in [3.05, 3.63) is 221 Å². The molecule has 65 heavy (non-hydrogen) atoms. The van der Waals surface area contributed by atoms with Gasteiger partial charge < -0.3 is 13.7 Å². The third-order valence-corrected chi connectivity index (χ3v) is 14.0. The van der Waals surface area contributed by atoms with Gasteiger partial charge in [-0.2, -0.15) is 0 Å². The number of furan rings is 2. The van der Waals surface area contributed by atoms with Crippen molar-refractivity contribution in [3.63, 3.8) is 0 Å². The summed E-state index contributed by atoms with van der Waals surface area (Å²) in [5.41, 5.74) is 13.6. The van der Waals surface area contributed by atoms with E-state index in [1.165, 1.54) is 17.2 Å². The first kappa shape index (κ1) is 39.2. The average Bonchev–Trinajstić information content (AvgIpc) is 3.89. The van der Waals surface area contributed by atoms with E-state index in [-0.39, 0.29) is 16.6 Å². The predicted molar refractivity (Wildman–Crippen MR) is 268 cm³/mol. The first-order valence-corrected chi connectivity index (χ1v) is 22.6. The molecular weight excluding hydrogens is 798 g/mol. The highest BCUT2D eigenvalue weighted by molar-refractivity contribution is 6.19. The maximum atomic E-state index is 16.6. The molecule has 0 saturated heterocycles. The van der Waals surface area contributed by atoms with E-state index >= 15 is 4.39 Å². The van der Waals surface area contributed by atoms with Crippen molar-refractivity contribution < 1.29 is 13.2 Å². The van der Waals surface area contributed by atoms with Crippen LogP contribution in [0.15, 0.2) is 191 Å². The van der Waals surface area contributed by atoms with Gasteiger partial charge in [-0.25, -0.2) is 4.39 Å². The van der Waals surface area contributed by atoms with Crippen LogP contribution in [-0.4, -0.2) is 0 Å². The van der Waals surface area contributed by atoms with Crippen LogP contribution in [0.25, 0.3) is 65.8 Å². The molecule has 3 nitrogen and oxygen atoms in total. The van der Waals surface area contributed by atoms with E-state index in [0.717, 1.165) is 93.8 Å². The van der Waals surface area contributed by atoms with Crippen molar-refractivity contribution in [2.45, 2.75) is 57.8 Å². The molecule has 0 radical (unpaired) electrons. The van der Waals surface area contributed by atoms with Crippen LogP contribution in [0.1, 0.15) is 74.9 Å². The van der Waals surface area contributed by atoms with Gasteiger partial charge >= 0.3 is 0 Å². The molecule has 0 fully saturated rings. The molecule has 0 saturated carbocycles. The van der Waals surface area contributed by atoms with Gasteiger partial charge in [0.1, 0.15) is 22.6 Å². The topological polar surface area (TPSA) is 29.5 Å². The Morgan fingerprint density at radius 3 is 1.57 bits per heavy atom. The second-order valence-corrected chi connectivity index (χ2v) is 19.8. The van der Waals surface area contributed by atoms with Gasteiger partial charge in [0.15, 0.2) is 5.58 Å². The van der Waals surface area contributed by atoms with E-state index in [1.807, 2.05) is 48.5 Å². The summed E-state index contributed by atoms with van der Waals surface area (Å²) in [5.74, 6) is -0.331. The second-order valence-electron chi connectivity index (χ2n) is 19.8. The smallest absolute Gasteiger partial charge is 0.159 e. The summed E-state index contributed by atoms with van der Waals surface area (Å²) in [6.45, 7) is 13.6. The van der Waals surface area contributed by atoms with Gasteiger partial charge in [0.05, 0.1) is 22.5 Å². The highest BCUT2D eigenvalue weighted by Gasteiger charge is 2.46. The Morgan fingerprint density at radius 2 is 0.938 bits per heavy atom. The van der Waals surface area contributed by atoms with E-state index in [2.05, 4.69) is 168 Å². The second kappa shape index (κ2) is 14.0. The first-order valence-electron chi connectivity index (χ1n) is 22.6. The van der Waals surface area contributed by atoms with Crippen molar-refractivity contribution in [1.29, 1.82) is 0 Å². The highest BCUT2D eigenvalue weighted by Crippen LogP contribution is 2.59. The molecule has 0 atom stereocenters. The summed E-state index contributed by atoms with van der Waals surface area (Å²) in [4.78, 5) is 2.05. The van der Waals surface area contributed by atoms with Crippen LogP contribution in [0.2, 0.25) is 0 Å². The number of benzene rings is 9. The van der Waals surface area contributed by atoms with Crippen LogP contribution in [0.4, 0.5) is 21.5 Å². The van der Waals surface area contributed by atoms with Crippen molar-refractivity contribution in [1.82, 2.24) is 0 Å². The number of nitrogens with zero attached hydrogens (tertiary/aromatic N) is 1. The number of hydrogen-bond acceptors (Lipinski definition) is 3. The number of para-hydroxylation sites is 4. The van der Waals surface area contributed by atoms with E-state index in [9.17, 15) is 0 Å². The Balaban J connectivity index is 1.25. The molecule has 316 valence electrons. The Hall–Kier alpha value is -7.43. The van der Waals surface area contributed by atoms with E-state index in [0.29, 0.717) is 11.3 Å². The fourth-order valence-electron chi connectivity index (χ4n) is 10.8. The molecular formula is C61H48FNO2. The van der Waals surface area contributed by atoms with Crippen LogP contribution in [-0.2, 0) is 16.2 Å². The largest absolute Gasteiger partial charge is 0.455 e. The molecule has 0 amide bonds. The Morgan fingerprint density at radius 1 is 0.415 bits per heavy atom. The molecule has 0 aliphatic heterocycles. The van der Waals surface area contributed by atoms with Gasteiger partial charge in [-0.15, -0.1) is 0 Å². The molecule has 2 aromatic heterocycles. The van der Waals surface area contributed by atoms with Crippen molar-refractivity contribution in [3.8, 4) is 11.1 Å². The molecule has 0 unspecified atom stereocenters. The number of anilines is 3. The Kier molecular flexibility index (Phi) is 8.46. The molecule has 0 spiro atoms. The van der Waals surface area contributed by atoms with Crippen molar-refractivity contribution in [2.24, 2.45) is 0 Å². The zero-order valence-electron chi connectivity index (χ0n) is 37.5. The Labute approximate surface area is 378 Å².